The van der Waals surface area contributed by atoms with Crippen LogP contribution in [0.2, 0.25) is 10.0 Å². The molecule has 0 radical (unpaired) electrons. The summed E-state index contributed by atoms with van der Waals surface area (Å²) in [5.74, 6) is 1.50. The fraction of sp³-hybridized carbons (Fsp3) is 0.440. The molecule has 1 aliphatic carbocycles. The van der Waals surface area contributed by atoms with Crippen molar-refractivity contribution in [2.45, 2.75) is 57.5 Å². The van der Waals surface area contributed by atoms with Gasteiger partial charge < -0.3 is 9.42 Å². The van der Waals surface area contributed by atoms with Crippen molar-refractivity contribution in [1.29, 1.82) is 0 Å². The summed E-state index contributed by atoms with van der Waals surface area (Å²) in [7, 11) is 0. The van der Waals surface area contributed by atoms with Crippen LogP contribution < -0.4 is 0 Å². The third-order valence-electron chi connectivity index (χ3n) is 7.11. The van der Waals surface area contributed by atoms with Crippen LogP contribution in [-0.2, 0) is 4.79 Å². The van der Waals surface area contributed by atoms with Gasteiger partial charge in [-0.25, -0.2) is 9.67 Å². The number of carbonyl (C=O) groups excluding carboxylic acids is 1. The number of fused-ring (bicyclic) bond motifs is 1. The van der Waals surface area contributed by atoms with Crippen LogP contribution in [0.15, 0.2) is 39.8 Å². The zero-order valence-corrected chi connectivity index (χ0v) is 20.6. The lowest BCUT2D eigenvalue weighted by Gasteiger charge is -2.35. The number of nitrogens with zero attached hydrogens (tertiary/aromatic N) is 5. The summed E-state index contributed by atoms with van der Waals surface area (Å²) >= 11 is 12.6. The fourth-order valence-corrected chi connectivity index (χ4v) is 5.59. The summed E-state index contributed by atoms with van der Waals surface area (Å²) in [6.07, 6.45) is 4.05. The summed E-state index contributed by atoms with van der Waals surface area (Å²) in [6.45, 7) is 4.49. The first-order valence-electron chi connectivity index (χ1n) is 11.7. The van der Waals surface area contributed by atoms with E-state index in [1.165, 1.54) is 0 Å². The van der Waals surface area contributed by atoms with E-state index in [0.717, 1.165) is 59.9 Å². The van der Waals surface area contributed by atoms with Crippen molar-refractivity contribution >= 4 is 40.6 Å². The molecule has 3 aliphatic rings. The fourth-order valence-electron chi connectivity index (χ4n) is 5.28. The second-order valence-corrected chi connectivity index (χ2v) is 10.4. The molecule has 1 amide bonds. The van der Waals surface area contributed by atoms with Crippen molar-refractivity contribution in [1.82, 2.24) is 19.8 Å². The number of likely N-dealkylation sites (tertiary alicyclic amines) is 1. The van der Waals surface area contributed by atoms with Crippen molar-refractivity contribution in [2.24, 2.45) is 10.9 Å². The number of rotatable bonds is 4. The molecule has 176 valence electrons. The van der Waals surface area contributed by atoms with Gasteiger partial charge in [0.15, 0.2) is 11.6 Å². The van der Waals surface area contributed by atoms with E-state index >= 15 is 0 Å². The largest absolute Gasteiger partial charge is 0.359 e. The molecule has 3 atom stereocenters. The van der Waals surface area contributed by atoms with E-state index in [1.54, 1.807) is 6.07 Å². The molecule has 7 nitrogen and oxygen atoms in total. The summed E-state index contributed by atoms with van der Waals surface area (Å²) in [5.41, 5.74) is 3.52. The van der Waals surface area contributed by atoms with Gasteiger partial charge in [0.2, 0.25) is 5.91 Å². The Morgan fingerprint density at radius 3 is 2.62 bits per heavy atom. The van der Waals surface area contributed by atoms with E-state index in [1.807, 2.05) is 41.6 Å². The van der Waals surface area contributed by atoms with Gasteiger partial charge in [0.05, 0.1) is 33.5 Å². The number of hydrogen-bond acceptors (Lipinski definition) is 5. The Morgan fingerprint density at radius 2 is 1.91 bits per heavy atom. The Bertz CT molecular complexity index is 1310. The Kier molecular flexibility index (Phi) is 5.30. The van der Waals surface area contributed by atoms with Crippen molar-refractivity contribution < 1.29 is 9.32 Å². The number of benzene rings is 1. The van der Waals surface area contributed by atoms with Gasteiger partial charge in [0, 0.05) is 30.3 Å². The predicted molar refractivity (Wildman–Crippen MR) is 130 cm³/mol. The van der Waals surface area contributed by atoms with Gasteiger partial charge in [-0.1, -0.05) is 34.4 Å². The van der Waals surface area contributed by atoms with Crippen LogP contribution >= 0.6 is 23.2 Å². The minimum Gasteiger partial charge on any atom is -0.359 e. The minimum atomic E-state index is -0.513. The van der Waals surface area contributed by atoms with Crippen LogP contribution in [0, 0.1) is 12.8 Å². The van der Waals surface area contributed by atoms with Crippen molar-refractivity contribution in [2.75, 3.05) is 6.54 Å². The van der Waals surface area contributed by atoms with Gasteiger partial charge in [-0.3, -0.25) is 4.79 Å². The van der Waals surface area contributed by atoms with Gasteiger partial charge in [-0.2, -0.15) is 5.10 Å². The summed E-state index contributed by atoms with van der Waals surface area (Å²) in [5, 5.41) is 9.91. The van der Waals surface area contributed by atoms with Crippen molar-refractivity contribution in [3.05, 3.63) is 63.1 Å². The number of aromatic nitrogens is 3. The molecule has 1 saturated heterocycles. The Morgan fingerprint density at radius 1 is 1.09 bits per heavy atom. The van der Waals surface area contributed by atoms with Crippen LogP contribution in [0.5, 0.6) is 0 Å². The second kappa shape index (κ2) is 8.24. The highest BCUT2D eigenvalue weighted by atomic mass is 35.5. The first kappa shape index (κ1) is 21.9. The van der Waals surface area contributed by atoms with Crippen LogP contribution in [0.25, 0.3) is 0 Å². The molecule has 2 aromatic heterocycles. The van der Waals surface area contributed by atoms with Gasteiger partial charge in [0.1, 0.15) is 5.92 Å². The zero-order valence-electron chi connectivity index (χ0n) is 19.0. The predicted octanol–water partition coefficient (Wildman–Crippen LogP) is 6.04. The maximum absolute atomic E-state index is 14.2. The van der Waals surface area contributed by atoms with Gasteiger partial charge in [-0.15, -0.1) is 0 Å². The average molecular weight is 498 g/mol. The number of aliphatic imine (C=N–C) groups is 1. The molecule has 0 N–H and O–H groups in total. The van der Waals surface area contributed by atoms with Crippen LogP contribution in [0.4, 0.5) is 5.82 Å². The third kappa shape index (κ3) is 3.66. The molecule has 1 aromatic carbocycles. The quantitative estimate of drug-likeness (QED) is 0.440. The smallest absolute Gasteiger partial charge is 0.234 e. The molecule has 2 fully saturated rings. The molecule has 34 heavy (non-hydrogen) atoms. The molecule has 2 aliphatic heterocycles. The third-order valence-corrected chi connectivity index (χ3v) is 7.85. The number of halogens is 2. The maximum atomic E-state index is 14.2. The van der Waals surface area contributed by atoms with E-state index in [-0.39, 0.29) is 18.0 Å². The average Bonchev–Trinajstić information content (AvgIpc) is 3.18. The molecular weight excluding hydrogens is 473 g/mol. The molecule has 0 bridgehead atoms. The molecule has 4 heterocycles. The highest BCUT2D eigenvalue weighted by molar-refractivity contribution is 6.42. The summed E-state index contributed by atoms with van der Waals surface area (Å²) in [6, 6.07) is 9.04. The number of carbonyl (C=O) groups is 1. The van der Waals surface area contributed by atoms with Crippen molar-refractivity contribution in [3.63, 3.8) is 0 Å². The second-order valence-electron chi connectivity index (χ2n) is 9.56. The molecular formula is C25H25Cl2N5O2. The van der Waals surface area contributed by atoms with Gasteiger partial charge in [-0.05, 0) is 57.2 Å². The Balaban J connectivity index is 1.43. The lowest BCUT2D eigenvalue weighted by molar-refractivity contribution is -0.135. The van der Waals surface area contributed by atoms with Crippen LogP contribution in [0.1, 0.15) is 73.3 Å². The molecule has 1 saturated carbocycles. The lowest BCUT2D eigenvalue weighted by atomic mass is 9.86. The minimum absolute atomic E-state index is 0.0167. The van der Waals surface area contributed by atoms with E-state index in [4.69, 9.17) is 37.8 Å². The SMILES string of the molecule is CC1=Nc2cc(C3CC3)nn2[C@H](c2ccc(Cl)c(Cl)c2)C1C(=O)N1CCC[C@H]1c1cc(C)no1. The molecule has 1 unspecified atom stereocenters. The highest BCUT2D eigenvalue weighted by Crippen LogP contribution is 2.45. The first-order chi connectivity index (χ1) is 16.4. The van der Waals surface area contributed by atoms with E-state index in [0.29, 0.717) is 22.5 Å². The standard InChI is InChI=1S/C25H25Cl2N5O2/c1-13-10-21(34-30-13)20-4-3-9-31(20)25(33)23-14(2)28-22-12-19(15-5-6-15)29-32(22)24(23)16-7-8-17(26)18(27)11-16/h7-8,10-12,15,20,23-24H,3-6,9H2,1-2H3/t20-,23?,24+/m0/s1. The molecule has 0 spiro atoms. The van der Waals surface area contributed by atoms with Crippen LogP contribution in [-0.4, -0.2) is 38.0 Å². The van der Waals surface area contributed by atoms with E-state index < -0.39 is 5.92 Å². The molecule has 9 heteroatoms. The number of amides is 1. The summed E-state index contributed by atoms with van der Waals surface area (Å²) < 4.78 is 7.46. The topological polar surface area (TPSA) is 76.5 Å². The Hall–Kier alpha value is -2.64. The molecule has 3 aromatic rings. The molecule has 6 rings (SSSR count). The summed E-state index contributed by atoms with van der Waals surface area (Å²) in [4.78, 5) is 20.9. The monoisotopic (exact) mass is 497 g/mol. The Labute approximate surface area is 207 Å². The normalized spacial score (nSPS) is 24.3. The first-order valence-corrected chi connectivity index (χ1v) is 12.5. The van der Waals surface area contributed by atoms with E-state index in [9.17, 15) is 4.79 Å². The van der Waals surface area contributed by atoms with Crippen LogP contribution in [0.3, 0.4) is 0 Å². The maximum Gasteiger partial charge on any atom is 0.234 e. The van der Waals surface area contributed by atoms with Gasteiger partial charge >= 0.3 is 0 Å². The van der Waals surface area contributed by atoms with E-state index in [2.05, 4.69) is 11.2 Å². The lowest BCUT2D eigenvalue weighted by Crippen LogP contribution is -2.44. The number of aryl methyl sites for hydroxylation is 1. The highest BCUT2D eigenvalue weighted by Gasteiger charge is 2.44. The van der Waals surface area contributed by atoms with Gasteiger partial charge in [0.25, 0.3) is 0 Å². The number of hydrogen-bond donors (Lipinski definition) is 0. The zero-order chi connectivity index (χ0) is 23.6. The van der Waals surface area contributed by atoms with Crippen molar-refractivity contribution in [3.8, 4) is 0 Å².